The van der Waals surface area contributed by atoms with Gasteiger partial charge in [0.2, 0.25) is 0 Å². The Kier molecular flexibility index (Phi) is 6.58. The number of ether oxygens (including phenoxy) is 4. The van der Waals surface area contributed by atoms with E-state index >= 15 is 0 Å². The highest BCUT2D eigenvalue weighted by Gasteiger charge is 2.78. The van der Waals surface area contributed by atoms with E-state index in [1.54, 1.807) is 31.4 Å². The number of methoxy groups -OCH3 is 2. The smallest absolute Gasteiger partial charge is 0.342 e. The van der Waals surface area contributed by atoms with Crippen molar-refractivity contribution in [3.63, 3.8) is 0 Å². The maximum atomic E-state index is 13.4. The summed E-state index contributed by atoms with van der Waals surface area (Å²) in [4.78, 5) is 30.7. The minimum atomic E-state index is -1.76. The highest BCUT2D eigenvalue weighted by Crippen LogP contribution is 2.67. The molecule has 2 aromatic rings. The predicted octanol–water partition coefficient (Wildman–Crippen LogP) is 3.33. The molecule has 1 saturated carbocycles. The van der Waals surface area contributed by atoms with Crippen LogP contribution in [0.4, 0.5) is 5.69 Å². The van der Waals surface area contributed by atoms with E-state index in [1.165, 1.54) is 14.0 Å². The van der Waals surface area contributed by atoms with Gasteiger partial charge in [-0.25, -0.2) is 4.79 Å². The van der Waals surface area contributed by atoms with Gasteiger partial charge in [-0.1, -0.05) is 37.3 Å². The molecule has 9 nitrogen and oxygen atoms in total. The van der Waals surface area contributed by atoms with Gasteiger partial charge < -0.3 is 29.0 Å². The zero-order valence-electron chi connectivity index (χ0n) is 24.3. The van der Waals surface area contributed by atoms with Crippen LogP contribution in [0.3, 0.4) is 0 Å². The van der Waals surface area contributed by atoms with E-state index in [1.807, 2.05) is 19.2 Å². The van der Waals surface area contributed by atoms with Gasteiger partial charge in [-0.3, -0.25) is 9.69 Å². The monoisotopic (exact) mass is 562 g/mol. The molecule has 0 aromatic heterocycles. The lowest BCUT2D eigenvalue weighted by Crippen LogP contribution is -2.80. The zero-order valence-corrected chi connectivity index (χ0v) is 24.3. The summed E-state index contributed by atoms with van der Waals surface area (Å²) in [6.07, 6.45) is 4.70. The van der Waals surface area contributed by atoms with Crippen molar-refractivity contribution in [2.24, 2.45) is 5.41 Å². The third-order valence-corrected chi connectivity index (χ3v) is 9.98. The Morgan fingerprint density at radius 1 is 1.10 bits per heavy atom. The molecule has 3 aliphatic heterocycles. The van der Waals surface area contributed by atoms with E-state index in [9.17, 15) is 14.7 Å². The molecule has 2 fully saturated rings. The fraction of sp³-hybridized carbons (Fsp3) is 0.500. The molecule has 0 radical (unpaired) electrons. The fourth-order valence-corrected chi connectivity index (χ4v) is 8.68. The highest BCUT2D eigenvalue weighted by atomic mass is 16.6. The maximum absolute atomic E-state index is 13.4. The lowest BCUT2D eigenvalue weighted by molar-refractivity contribution is -0.228. The molecule has 1 aliphatic carbocycles. The van der Waals surface area contributed by atoms with E-state index in [0.717, 1.165) is 30.8 Å². The molecule has 2 aromatic carbocycles. The summed E-state index contributed by atoms with van der Waals surface area (Å²) in [5.41, 5.74) is -0.650. The van der Waals surface area contributed by atoms with Crippen LogP contribution in [-0.4, -0.2) is 86.7 Å². The number of para-hydroxylation sites is 1. The average Bonchev–Trinajstić information content (AvgIpc) is 3.50. The molecule has 2 unspecified atom stereocenters. The third kappa shape index (κ3) is 3.68. The van der Waals surface area contributed by atoms with Crippen molar-refractivity contribution in [3.8, 4) is 11.5 Å². The fourth-order valence-electron chi connectivity index (χ4n) is 8.68. The number of rotatable bonds is 7. The van der Waals surface area contributed by atoms with Crippen molar-refractivity contribution >= 4 is 17.6 Å². The molecule has 1 saturated heterocycles. The van der Waals surface area contributed by atoms with Crippen molar-refractivity contribution in [2.45, 2.75) is 55.9 Å². The van der Waals surface area contributed by atoms with Gasteiger partial charge in [0.15, 0.2) is 5.60 Å². The number of aliphatic hydroxyl groups is 1. The van der Waals surface area contributed by atoms with Crippen LogP contribution in [0.1, 0.15) is 42.6 Å². The number of carbonyl (C=O) groups excluding carboxylic acids is 2. The minimum absolute atomic E-state index is 0.0401. The number of benzene rings is 2. The molecule has 41 heavy (non-hydrogen) atoms. The standard InChI is InChI=1S/C32H38N2O7/c1-6-30-14-9-16-34-17-15-31(27(30)34)23-13-12-21(38-4)18-24(23)33(3)28(31)32(37,29(30)41-20(2)35)19-40-26(36)22-10-7-8-11-25(22)39-5/h7-14,18,27-29,37H,6,15-17,19H2,1-5H3/t27?,28-,29-,30-,31-,32?/m1/s1. The van der Waals surface area contributed by atoms with Gasteiger partial charge in [-0.2, -0.15) is 0 Å². The van der Waals surface area contributed by atoms with E-state index in [2.05, 4.69) is 34.9 Å². The molecule has 1 N–H and O–H groups in total. The van der Waals surface area contributed by atoms with E-state index in [-0.39, 0.29) is 18.2 Å². The minimum Gasteiger partial charge on any atom is -0.497 e. The highest BCUT2D eigenvalue weighted by molar-refractivity contribution is 5.92. The Morgan fingerprint density at radius 3 is 2.59 bits per heavy atom. The van der Waals surface area contributed by atoms with Crippen LogP contribution >= 0.6 is 0 Å². The molecule has 4 aliphatic rings. The number of carbonyl (C=O) groups is 2. The number of anilines is 1. The lowest BCUT2D eigenvalue weighted by Gasteiger charge is -2.64. The first-order chi connectivity index (χ1) is 19.7. The van der Waals surface area contributed by atoms with Crippen LogP contribution in [0.15, 0.2) is 54.6 Å². The maximum Gasteiger partial charge on any atom is 0.342 e. The Morgan fingerprint density at radius 2 is 1.88 bits per heavy atom. The van der Waals surface area contributed by atoms with E-state index < -0.39 is 40.5 Å². The molecule has 218 valence electrons. The van der Waals surface area contributed by atoms with Gasteiger partial charge in [0.25, 0.3) is 0 Å². The SMILES string of the molecule is CC[C@]12C=CCN3CC[C@@]4(c5ccc(OC)cc5N(C)[C@H]4C(O)(COC(=O)c4ccccc4OC)[C@@H]1OC(C)=O)C32. The molecular formula is C32H38N2O7. The van der Waals surface area contributed by atoms with Gasteiger partial charge in [0, 0.05) is 49.1 Å². The van der Waals surface area contributed by atoms with Crippen LogP contribution in [0.25, 0.3) is 0 Å². The largest absolute Gasteiger partial charge is 0.497 e. The van der Waals surface area contributed by atoms with Crippen LogP contribution < -0.4 is 14.4 Å². The zero-order chi connectivity index (χ0) is 29.2. The first-order valence-electron chi connectivity index (χ1n) is 14.2. The second-order valence-electron chi connectivity index (χ2n) is 11.7. The Balaban J connectivity index is 1.54. The van der Waals surface area contributed by atoms with Gasteiger partial charge >= 0.3 is 11.9 Å². The summed E-state index contributed by atoms with van der Waals surface area (Å²) < 4.78 is 23.1. The first-order valence-corrected chi connectivity index (χ1v) is 14.2. The van der Waals surface area contributed by atoms with Gasteiger partial charge in [-0.05, 0) is 43.1 Å². The van der Waals surface area contributed by atoms with Gasteiger partial charge in [-0.15, -0.1) is 0 Å². The summed E-state index contributed by atoms with van der Waals surface area (Å²) in [6, 6.07) is 12.3. The summed E-state index contributed by atoms with van der Waals surface area (Å²) in [5, 5.41) is 13.1. The van der Waals surface area contributed by atoms with Crippen molar-refractivity contribution in [2.75, 3.05) is 45.9 Å². The van der Waals surface area contributed by atoms with Gasteiger partial charge in [0.1, 0.15) is 29.8 Å². The number of esters is 2. The summed E-state index contributed by atoms with van der Waals surface area (Å²) in [7, 11) is 5.08. The first kappa shape index (κ1) is 27.6. The van der Waals surface area contributed by atoms with Crippen molar-refractivity contribution < 1.29 is 33.6 Å². The number of nitrogens with zero attached hydrogens (tertiary/aromatic N) is 2. The molecule has 6 rings (SSSR count). The number of hydrogen-bond acceptors (Lipinski definition) is 9. The molecule has 9 heteroatoms. The molecule has 0 amide bonds. The van der Waals surface area contributed by atoms with Crippen molar-refractivity contribution in [1.29, 1.82) is 0 Å². The summed E-state index contributed by atoms with van der Waals surface area (Å²) in [5.74, 6) is -0.0155. The summed E-state index contributed by atoms with van der Waals surface area (Å²) >= 11 is 0. The van der Waals surface area contributed by atoms with Crippen LogP contribution in [0, 0.1) is 5.41 Å². The second-order valence-corrected chi connectivity index (χ2v) is 11.7. The third-order valence-electron chi connectivity index (χ3n) is 9.98. The average molecular weight is 563 g/mol. The topological polar surface area (TPSA) is 97.8 Å². The van der Waals surface area contributed by atoms with E-state index in [4.69, 9.17) is 18.9 Å². The number of hydrogen-bond donors (Lipinski definition) is 1. The summed E-state index contributed by atoms with van der Waals surface area (Å²) in [6.45, 7) is 4.68. The Bertz CT molecular complexity index is 1410. The number of likely N-dealkylation sites (N-methyl/N-ethyl adjacent to an activating group) is 1. The van der Waals surface area contributed by atoms with Crippen LogP contribution in [0.5, 0.6) is 11.5 Å². The molecule has 1 spiro atoms. The molecule has 3 heterocycles. The van der Waals surface area contributed by atoms with Crippen molar-refractivity contribution in [3.05, 3.63) is 65.7 Å². The quantitative estimate of drug-likeness (QED) is 0.403. The molecular weight excluding hydrogens is 524 g/mol. The lowest BCUT2D eigenvalue weighted by atomic mass is 9.48. The second kappa shape index (κ2) is 9.77. The van der Waals surface area contributed by atoms with E-state index in [0.29, 0.717) is 17.9 Å². The number of fused-ring (bicyclic) bond motifs is 1. The normalized spacial score (nSPS) is 33.0. The Hall–Kier alpha value is -3.56. The van der Waals surface area contributed by atoms with Crippen LogP contribution in [0.2, 0.25) is 0 Å². The molecule has 0 bridgehead atoms. The Labute approximate surface area is 240 Å². The van der Waals surface area contributed by atoms with Gasteiger partial charge in [0.05, 0.1) is 20.3 Å². The molecule has 6 atom stereocenters. The van der Waals surface area contributed by atoms with Crippen molar-refractivity contribution in [1.82, 2.24) is 4.90 Å². The van der Waals surface area contributed by atoms with Crippen LogP contribution in [-0.2, 0) is 19.7 Å². The predicted molar refractivity (Wildman–Crippen MR) is 152 cm³/mol.